The van der Waals surface area contributed by atoms with Crippen molar-refractivity contribution in [2.75, 3.05) is 51.0 Å². The number of likely N-dealkylation sites (N-methyl/N-ethyl adjacent to an activating group) is 1. The summed E-state index contributed by atoms with van der Waals surface area (Å²) < 4.78 is 45.8. The van der Waals surface area contributed by atoms with E-state index < -0.39 is 23.3 Å². The van der Waals surface area contributed by atoms with Gasteiger partial charge in [0.15, 0.2) is 5.82 Å². The number of piperazine rings is 1. The Morgan fingerprint density at radius 3 is 2.49 bits per heavy atom. The maximum atomic E-state index is 17.3. The van der Waals surface area contributed by atoms with Gasteiger partial charge in [0.25, 0.3) is 5.56 Å². The summed E-state index contributed by atoms with van der Waals surface area (Å²) in [5.41, 5.74) is 5.75. The molecule has 234 valence electrons. The molecule has 2 bridgehead atoms. The predicted molar refractivity (Wildman–Crippen MR) is 167 cm³/mol. The zero-order valence-electron chi connectivity index (χ0n) is 24.8. The van der Waals surface area contributed by atoms with Crippen LogP contribution in [0.4, 0.5) is 19.6 Å². The molecule has 0 amide bonds. The number of nitriles is 1. The van der Waals surface area contributed by atoms with Crippen molar-refractivity contribution in [2.24, 2.45) is 0 Å². The predicted octanol–water partition coefficient (Wildman–Crippen LogP) is 3.39. The molecule has 0 spiro atoms. The van der Waals surface area contributed by atoms with Crippen molar-refractivity contribution in [3.8, 4) is 23.3 Å². The van der Waals surface area contributed by atoms with Crippen molar-refractivity contribution in [1.29, 1.82) is 5.26 Å². The summed E-state index contributed by atoms with van der Waals surface area (Å²) in [5, 5.41) is 14.0. The SMILES string of the molecule is CO[C@@H]1CN(C)C[C@H]1Oc1nc(N2CC3CCC(C2)N3)c2c(=O)n(C3CC3)c(-c3ccc(F)c4sc(N)c(C#N)c34)c(F)c2n1. The summed E-state index contributed by atoms with van der Waals surface area (Å²) in [6, 6.07) is 4.86. The molecule has 4 aliphatic rings. The molecule has 4 aromatic rings. The molecule has 1 aromatic carbocycles. The lowest BCUT2D eigenvalue weighted by molar-refractivity contribution is 0.0300. The lowest BCUT2D eigenvalue weighted by Crippen LogP contribution is -2.51. The van der Waals surface area contributed by atoms with Gasteiger partial charge in [0.2, 0.25) is 0 Å². The lowest BCUT2D eigenvalue weighted by Gasteiger charge is -2.34. The number of anilines is 2. The molecule has 4 atom stereocenters. The molecule has 3 aliphatic heterocycles. The first-order valence-electron chi connectivity index (χ1n) is 15.2. The number of ether oxygens (including phenoxy) is 2. The highest BCUT2D eigenvalue weighted by Gasteiger charge is 2.39. The van der Waals surface area contributed by atoms with Crippen LogP contribution in [-0.4, -0.2) is 84.1 Å². The van der Waals surface area contributed by atoms with Crippen LogP contribution in [0.15, 0.2) is 16.9 Å². The number of aromatic nitrogens is 3. The number of nitrogens with two attached hydrogens (primary N) is 1. The molecule has 11 nitrogen and oxygen atoms in total. The van der Waals surface area contributed by atoms with E-state index in [1.165, 1.54) is 16.7 Å². The van der Waals surface area contributed by atoms with E-state index in [9.17, 15) is 14.4 Å². The van der Waals surface area contributed by atoms with Gasteiger partial charge in [0.1, 0.15) is 45.8 Å². The minimum absolute atomic E-state index is 0.0408. The van der Waals surface area contributed by atoms with E-state index in [2.05, 4.69) is 21.3 Å². The Labute approximate surface area is 261 Å². The number of nitrogens with zero attached hydrogens (tertiary/aromatic N) is 6. The van der Waals surface area contributed by atoms with Crippen molar-refractivity contribution < 1.29 is 18.3 Å². The number of fused-ring (bicyclic) bond motifs is 4. The molecule has 3 N–H and O–H groups in total. The number of benzene rings is 1. The highest BCUT2D eigenvalue weighted by molar-refractivity contribution is 7.23. The average Bonchev–Trinajstić information content (AvgIpc) is 3.60. The van der Waals surface area contributed by atoms with Crippen LogP contribution in [0.3, 0.4) is 0 Å². The Morgan fingerprint density at radius 2 is 1.80 bits per heavy atom. The molecular formula is C31H32F2N8O3S. The Hall–Kier alpha value is -3.90. The first kappa shape index (κ1) is 28.6. The van der Waals surface area contributed by atoms with Gasteiger partial charge in [0, 0.05) is 62.4 Å². The molecule has 3 aromatic heterocycles. The summed E-state index contributed by atoms with van der Waals surface area (Å²) in [6.45, 7) is 2.44. The summed E-state index contributed by atoms with van der Waals surface area (Å²) in [6.07, 6.45) is 2.74. The second-order valence-electron chi connectivity index (χ2n) is 12.6. The van der Waals surface area contributed by atoms with Crippen LogP contribution in [0.5, 0.6) is 6.01 Å². The Morgan fingerprint density at radius 1 is 1.07 bits per heavy atom. The number of rotatable bonds is 6. The molecular weight excluding hydrogens is 602 g/mol. The second-order valence-corrected chi connectivity index (χ2v) is 13.6. The van der Waals surface area contributed by atoms with Crippen LogP contribution in [0, 0.1) is 23.0 Å². The first-order valence-corrected chi connectivity index (χ1v) is 16.0. The van der Waals surface area contributed by atoms with Crippen LogP contribution in [0.2, 0.25) is 0 Å². The van der Waals surface area contributed by atoms with E-state index in [1.807, 2.05) is 11.9 Å². The minimum Gasteiger partial charge on any atom is -0.456 e. The van der Waals surface area contributed by atoms with Crippen molar-refractivity contribution in [3.63, 3.8) is 0 Å². The number of pyridine rings is 1. The monoisotopic (exact) mass is 634 g/mol. The maximum Gasteiger partial charge on any atom is 0.319 e. The minimum atomic E-state index is -0.753. The number of thiophene rings is 1. The lowest BCUT2D eigenvalue weighted by atomic mass is 10.0. The number of nitrogens with one attached hydrogen (secondary N) is 1. The molecule has 4 fully saturated rings. The summed E-state index contributed by atoms with van der Waals surface area (Å²) >= 11 is 0.929. The summed E-state index contributed by atoms with van der Waals surface area (Å²) in [5.74, 6) is -0.979. The molecule has 45 heavy (non-hydrogen) atoms. The van der Waals surface area contributed by atoms with Crippen molar-refractivity contribution in [3.05, 3.63) is 39.7 Å². The number of methoxy groups -OCH3 is 1. The van der Waals surface area contributed by atoms with E-state index in [-0.39, 0.29) is 73.1 Å². The van der Waals surface area contributed by atoms with Crippen molar-refractivity contribution in [2.45, 2.75) is 56.0 Å². The molecule has 8 rings (SSSR count). The fourth-order valence-electron chi connectivity index (χ4n) is 7.30. The van der Waals surface area contributed by atoms with Crippen LogP contribution in [0.25, 0.3) is 32.2 Å². The van der Waals surface area contributed by atoms with E-state index in [0.717, 1.165) is 24.2 Å². The highest BCUT2D eigenvalue weighted by Crippen LogP contribution is 2.45. The number of hydrogen-bond acceptors (Lipinski definition) is 11. The van der Waals surface area contributed by atoms with Gasteiger partial charge in [0.05, 0.1) is 16.0 Å². The third-order valence-electron chi connectivity index (χ3n) is 9.53. The Kier molecular flexibility index (Phi) is 6.72. The van der Waals surface area contributed by atoms with E-state index in [1.54, 1.807) is 7.11 Å². The number of hydrogen-bond donors (Lipinski definition) is 2. The van der Waals surface area contributed by atoms with Crippen LogP contribution in [-0.2, 0) is 4.74 Å². The second kappa shape index (κ2) is 10.6. The Bertz CT molecular complexity index is 1960. The van der Waals surface area contributed by atoms with Gasteiger partial charge in [-0.1, -0.05) is 0 Å². The van der Waals surface area contributed by atoms with E-state index >= 15 is 4.39 Å². The van der Waals surface area contributed by atoms with Gasteiger partial charge >= 0.3 is 6.01 Å². The normalized spacial score (nSPS) is 25.0. The van der Waals surface area contributed by atoms with Gasteiger partial charge in [-0.25, -0.2) is 8.78 Å². The van der Waals surface area contributed by atoms with Gasteiger partial charge < -0.3 is 30.0 Å². The third kappa shape index (κ3) is 4.55. The van der Waals surface area contributed by atoms with Gasteiger partial charge in [-0.15, -0.1) is 11.3 Å². The van der Waals surface area contributed by atoms with Crippen molar-refractivity contribution >= 4 is 43.1 Å². The molecule has 3 saturated heterocycles. The largest absolute Gasteiger partial charge is 0.456 e. The fraction of sp³-hybridized carbons (Fsp3) is 0.484. The standard InChI is InChI=1S/C31H32F2N8O3S/c1-39-12-20(43-2)21(13-39)44-31-37-25-23(29(38-31)40-10-14-3-4-15(11-40)36-14)30(42)41(16-5-6-16)26(24(25)33)17-7-8-19(32)27-22(17)18(9-34)28(35)45-27/h7-8,14-16,20-21,36H,3-6,10-13,35H2,1-2H3/t14?,15?,20-,21-/m1/s1. The van der Waals surface area contributed by atoms with Gasteiger partial charge in [-0.05, 0) is 44.9 Å². The molecule has 1 saturated carbocycles. The summed E-state index contributed by atoms with van der Waals surface area (Å²) in [4.78, 5) is 28.1. The Balaban J connectivity index is 1.40. The average molecular weight is 635 g/mol. The van der Waals surface area contributed by atoms with Gasteiger partial charge in [-0.3, -0.25) is 9.69 Å². The first-order chi connectivity index (χ1) is 21.7. The zero-order chi connectivity index (χ0) is 31.1. The topological polar surface area (TPSA) is 135 Å². The molecule has 14 heteroatoms. The third-order valence-corrected chi connectivity index (χ3v) is 10.6. The number of halogens is 2. The number of nitrogen functional groups attached to an aromatic ring is 1. The fourth-order valence-corrected chi connectivity index (χ4v) is 8.25. The number of likely N-dealkylation sites (tertiary alicyclic amines) is 1. The molecule has 1 aliphatic carbocycles. The van der Waals surface area contributed by atoms with Crippen LogP contribution < -0.4 is 26.2 Å². The van der Waals surface area contributed by atoms with E-state index in [4.69, 9.17) is 20.2 Å². The maximum absolute atomic E-state index is 17.3. The van der Waals surface area contributed by atoms with Gasteiger partial charge in [-0.2, -0.15) is 15.2 Å². The van der Waals surface area contributed by atoms with Crippen LogP contribution >= 0.6 is 11.3 Å². The zero-order valence-corrected chi connectivity index (χ0v) is 25.7. The highest BCUT2D eigenvalue weighted by atomic mass is 32.1. The van der Waals surface area contributed by atoms with Crippen LogP contribution in [0.1, 0.15) is 37.3 Å². The molecule has 6 heterocycles. The van der Waals surface area contributed by atoms with Crippen molar-refractivity contribution in [1.82, 2.24) is 24.8 Å². The summed E-state index contributed by atoms with van der Waals surface area (Å²) in [7, 11) is 3.58. The quantitative estimate of drug-likeness (QED) is 0.325. The molecule has 0 radical (unpaired) electrons. The molecule has 2 unspecified atom stereocenters. The van der Waals surface area contributed by atoms with E-state index in [0.29, 0.717) is 44.8 Å². The smallest absolute Gasteiger partial charge is 0.319 e.